The fraction of sp³-hybridized carbons (Fsp3) is 0.746. The van der Waals surface area contributed by atoms with Crippen molar-refractivity contribution in [3.63, 3.8) is 0 Å². The number of rotatable bonds is 49. The highest BCUT2D eigenvalue weighted by Crippen LogP contribution is 2.15. The number of esters is 3. The third kappa shape index (κ3) is 51.7. The van der Waals surface area contributed by atoms with E-state index in [1.807, 2.05) is 0 Å². The van der Waals surface area contributed by atoms with Crippen LogP contribution >= 0.6 is 0 Å². The molecule has 0 aliphatic heterocycles. The molecule has 0 fully saturated rings. The predicted octanol–water partition coefficient (Wildman–Crippen LogP) is 18.2. The molecule has 374 valence electrons. The van der Waals surface area contributed by atoms with Gasteiger partial charge in [-0.25, -0.2) is 0 Å². The number of carbonyl (C=O) groups excluding carboxylic acids is 3. The second kappa shape index (κ2) is 53.5. The Bertz CT molecular complexity index is 1230. The number of hydrogen-bond acceptors (Lipinski definition) is 6. The van der Waals surface area contributed by atoms with Crippen molar-refractivity contribution in [2.45, 2.75) is 271 Å². The molecule has 0 spiro atoms. The van der Waals surface area contributed by atoms with E-state index in [2.05, 4.69) is 93.7 Å². The topological polar surface area (TPSA) is 78.9 Å². The maximum absolute atomic E-state index is 12.8. The van der Waals surface area contributed by atoms with Crippen molar-refractivity contribution >= 4 is 17.9 Å². The molecule has 0 aromatic carbocycles. The summed E-state index contributed by atoms with van der Waals surface area (Å²) in [5.41, 5.74) is 0. The minimum absolute atomic E-state index is 0.0815. The number of ether oxygens (including phenoxy) is 3. The van der Waals surface area contributed by atoms with Crippen LogP contribution < -0.4 is 0 Å². The number of carbonyl (C=O) groups is 3. The first kappa shape index (κ1) is 61.9. The molecule has 0 saturated heterocycles. The summed E-state index contributed by atoms with van der Waals surface area (Å²) in [6.07, 6.45) is 67.6. The molecule has 0 radical (unpaired) electrons. The zero-order chi connectivity index (χ0) is 47.2. The second-order valence-corrected chi connectivity index (χ2v) is 18.1. The molecule has 0 amide bonds. The molecule has 1 atom stereocenters. The lowest BCUT2D eigenvalue weighted by molar-refractivity contribution is -0.167. The van der Waals surface area contributed by atoms with Crippen LogP contribution in [0.4, 0.5) is 0 Å². The van der Waals surface area contributed by atoms with E-state index in [-0.39, 0.29) is 31.1 Å². The number of unbranched alkanes of at least 4 members (excludes halogenated alkanes) is 26. The van der Waals surface area contributed by atoms with Crippen molar-refractivity contribution < 1.29 is 28.6 Å². The molecule has 0 aliphatic rings. The van der Waals surface area contributed by atoms with E-state index in [9.17, 15) is 14.4 Å². The molecule has 0 N–H and O–H groups in total. The summed E-state index contributed by atoms with van der Waals surface area (Å²) in [6, 6.07) is 0. The van der Waals surface area contributed by atoms with Gasteiger partial charge in [0.1, 0.15) is 13.2 Å². The molecular formula is C59H102O6. The van der Waals surface area contributed by atoms with Crippen molar-refractivity contribution in [2.24, 2.45) is 0 Å². The van der Waals surface area contributed by atoms with Crippen molar-refractivity contribution in [2.75, 3.05) is 13.2 Å². The first-order valence-corrected chi connectivity index (χ1v) is 27.4. The minimum Gasteiger partial charge on any atom is -0.462 e. The Balaban J connectivity index is 4.21. The quantitative estimate of drug-likeness (QED) is 0.0262. The summed E-state index contributed by atoms with van der Waals surface area (Å²) in [4.78, 5) is 37.9. The third-order valence-electron chi connectivity index (χ3n) is 11.7. The van der Waals surface area contributed by atoms with Gasteiger partial charge in [0, 0.05) is 19.3 Å². The van der Waals surface area contributed by atoms with Gasteiger partial charge in [-0.05, 0) is 96.3 Å². The number of hydrogen-bond donors (Lipinski definition) is 0. The summed E-state index contributed by atoms with van der Waals surface area (Å²) >= 11 is 0. The van der Waals surface area contributed by atoms with Crippen LogP contribution in [0.3, 0.4) is 0 Å². The molecule has 0 aromatic rings. The SMILES string of the molecule is CC/C=C\C/C=C\C/C=C\C/C=C\CCCCCCCCCCCCCCC(=O)OCC(COC(=O)CCCCCCC/C=C\CCCC)OC(=O)CCCCCCC/C=C\CCCC. The Hall–Kier alpha value is -3.15. The fourth-order valence-corrected chi connectivity index (χ4v) is 7.51. The summed E-state index contributed by atoms with van der Waals surface area (Å²) in [5, 5.41) is 0. The van der Waals surface area contributed by atoms with Crippen LogP contribution in [0.2, 0.25) is 0 Å². The van der Waals surface area contributed by atoms with E-state index < -0.39 is 6.10 Å². The first-order valence-electron chi connectivity index (χ1n) is 27.4. The summed E-state index contributed by atoms with van der Waals surface area (Å²) in [5.74, 6) is -0.900. The Morgan fingerprint density at radius 3 is 0.954 bits per heavy atom. The lowest BCUT2D eigenvalue weighted by Gasteiger charge is -2.18. The van der Waals surface area contributed by atoms with Gasteiger partial charge in [0.15, 0.2) is 6.10 Å². The van der Waals surface area contributed by atoms with Crippen LogP contribution in [-0.4, -0.2) is 37.2 Å². The normalized spacial score (nSPS) is 12.6. The largest absolute Gasteiger partial charge is 0.462 e. The smallest absolute Gasteiger partial charge is 0.306 e. The highest BCUT2D eigenvalue weighted by Gasteiger charge is 2.19. The van der Waals surface area contributed by atoms with Crippen LogP contribution in [0.15, 0.2) is 72.9 Å². The molecule has 6 heteroatoms. The highest BCUT2D eigenvalue weighted by atomic mass is 16.6. The van der Waals surface area contributed by atoms with Gasteiger partial charge in [0.2, 0.25) is 0 Å². The van der Waals surface area contributed by atoms with E-state index in [1.165, 1.54) is 122 Å². The average Bonchev–Trinajstić information content (AvgIpc) is 3.30. The summed E-state index contributed by atoms with van der Waals surface area (Å²) in [7, 11) is 0. The lowest BCUT2D eigenvalue weighted by Crippen LogP contribution is -2.30. The minimum atomic E-state index is -0.781. The molecule has 6 nitrogen and oxygen atoms in total. The molecule has 0 heterocycles. The highest BCUT2D eigenvalue weighted by molar-refractivity contribution is 5.71. The fourth-order valence-electron chi connectivity index (χ4n) is 7.51. The van der Waals surface area contributed by atoms with Gasteiger partial charge in [0.05, 0.1) is 0 Å². The first-order chi connectivity index (χ1) is 32.0. The van der Waals surface area contributed by atoms with Gasteiger partial charge in [-0.15, -0.1) is 0 Å². The number of allylic oxidation sites excluding steroid dienone is 12. The predicted molar refractivity (Wildman–Crippen MR) is 279 cm³/mol. The van der Waals surface area contributed by atoms with E-state index in [0.29, 0.717) is 19.3 Å². The summed E-state index contributed by atoms with van der Waals surface area (Å²) < 4.78 is 16.8. The van der Waals surface area contributed by atoms with Gasteiger partial charge in [-0.2, -0.15) is 0 Å². The van der Waals surface area contributed by atoms with E-state index >= 15 is 0 Å². The van der Waals surface area contributed by atoms with Gasteiger partial charge in [-0.3, -0.25) is 14.4 Å². The monoisotopic (exact) mass is 907 g/mol. The molecule has 0 rings (SSSR count). The standard InChI is InChI=1S/C59H102O6/c1-4-7-10-13-16-19-22-23-24-25-26-27-28-29-30-31-32-33-34-35-38-40-43-46-49-52-58(61)64-55-56(65-59(62)53-50-47-44-41-37-21-18-15-12-9-6-3)54-63-57(60)51-48-45-42-39-36-20-17-14-11-8-5-2/h7,10,14-19,23-24,26-27,56H,4-6,8-9,11-13,20-22,25,28-55H2,1-3H3/b10-7-,17-14-,18-15-,19-16-,24-23-,27-26-. The van der Waals surface area contributed by atoms with Crippen molar-refractivity contribution in [1.29, 1.82) is 0 Å². The van der Waals surface area contributed by atoms with Crippen LogP contribution in [0.25, 0.3) is 0 Å². The van der Waals surface area contributed by atoms with E-state index in [1.54, 1.807) is 0 Å². The molecule has 65 heavy (non-hydrogen) atoms. The zero-order valence-corrected chi connectivity index (χ0v) is 42.7. The summed E-state index contributed by atoms with van der Waals surface area (Å²) in [6.45, 7) is 6.44. The molecule has 0 aliphatic carbocycles. The maximum Gasteiger partial charge on any atom is 0.306 e. The van der Waals surface area contributed by atoms with Crippen LogP contribution in [0.5, 0.6) is 0 Å². The van der Waals surface area contributed by atoms with Gasteiger partial charge >= 0.3 is 17.9 Å². The molecule has 0 saturated carbocycles. The van der Waals surface area contributed by atoms with Gasteiger partial charge in [-0.1, -0.05) is 222 Å². The Kier molecular flexibility index (Phi) is 50.9. The van der Waals surface area contributed by atoms with Gasteiger partial charge in [0.25, 0.3) is 0 Å². The Morgan fingerprint density at radius 2 is 0.600 bits per heavy atom. The Morgan fingerprint density at radius 1 is 0.323 bits per heavy atom. The van der Waals surface area contributed by atoms with E-state index in [4.69, 9.17) is 14.2 Å². The van der Waals surface area contributed by atoms with Crippen LogP contribution in [-0.2, 0) is 28.6 Å². The maximum atomic E-state index is 12.8. The Labute approximate surface area is 402 Å². The van der Waals surface area contributed by atoms with Crippen molar-refractivity contribution in [3.05, 3.63) is 72.9 Å². The average molecular weight is 907 g/mol. The molecule has 0 bridgehead atoms. The second-order valence-electron chi connectivity index (χ2n) is 18.1. The molecule has 1 unspecified atom stereocenters. The lowest BCUT2D eigenvalue weighted by atomic mass is 10.0. The van der Waals surface area contributed by atoms with Crippen LogP contribution in [0.1, 0.15) is 265 Å². The zero-order valence-electron chi connectivity index (χ0n) is 42.7. The van der Waals surface area contributed by atoms with Crippen molar-refractivity contribution in [1.82, 2.24) is 0 Å². The molecule has 0 aromatic heterocycles. The van der Waals surface area contributed by atoms with Gasteiger partial charge < -0.3 is 14.2 Å². The van der Waals surface area contributed by atoms with Crippen LogP contribution in [0, 0.1) is 0 Å². The van der Waals surface area contributed by atoms with E-state index in [0.717, 1.165) is 103 Å². The molecular weight excluding hydrogens is 805 g/mol. The third-order valence-corrected chi connectivity index (χ3v) is 11.7. The van der Waals surface area contributed by atoms with Crippen molar-refractivity contribution in [3.8, 4) is 0 Å².